The van der Waals surface area contributed by atoms with Gasteiger partial charge >= 0.3 is 0 Å². The smallest absolute Gasteiger partial charge is 0.293 e. The van der Waals surface area contributed by atoms with Crippen LogP contribution in [0.2, 0.25) is 0 Å². The Bertz CT molecular complexity index is 463. The molecule has 0 saturated carbocycles. The zero-order valence-electron chi connectivity index (χ0n) is 8.97. The second kappa shape index (κ2) is 4.58. The third-order valence-electron chi connectivity index (χ3n) is 3.02. The van der Waals surface area contributed by atoms with Gasteiger partial charge in [0, 0.05) is 11.3 Å². The molecule has 0 radical (unpaired) electrons. The van der Waals surface area contributed by atoms with Gasteiger partial charge in [-0.1, -0.05) is 42.1 Å². The summed E-state index contributed by atoms with van der Waals surface area (Å²) in [4.78, 5) is 10.3. The fraction of sp³-hybridized carbons (Fsp3) is 0.231. The molecule has 16 heavy (non-hydrogen) atoms. The van der Waals surface area contributed by atoms with Crippen LogP contribution in [0.5, 0.6) is 0 Å². The summed E-state index contributed by atoms with van der Waals surface area (Å²) in [6.07, 6.45) is 0. The van der Waals surface area contributed by atoms with Crippen molar-refractivity contribution in [1.82, 2.24) is 0 Å². The molecular formula is C13H12O2S. The number of rotatable bonds is 4. The predicted molar refractivity (Wildman–Crippen MR) is 67.4 cm³/mol. The van der Waals surface area contributed by atoms with E-state index in [9.17, 15) is 4.79 Å². The number of benzene rings is 1. The third-order valence-corrected chi connectivity index (χ3v) is 3.26. The number of carbonyl (C=O) groups excluding carboxylic acids is 1. The van der Waals surface area contributed by atoms with Gasteiger partial charge in [-0.25, -0.2) is 0 Å². The average molecular weight is 232 g/mol. The Kier molecular flexibility index (Phi) is 3.15. The van der Waals surface area contributed by atoms with Crippen LogP contribution in [0.25, 0.3) is 5.57 Å². The van der Waals surface area contributed by atoms with Gasteiger partial charge in [-0.2, -0.15) is 0 Å². The molecule has 0 aliphatic heterocycles. The maximum absolute atomic E-state index is 10.3. The minimum absolute atomic E-state index is 0.149. The summed E-state index contributed by atoms with van der Waals surface area (Å²) in [6, 6.07) is 8.10. The molecule has 1 aliphatic rings. The second-order valence-electron chi connectivity index (χ2n) is 3.78. The van der Waals surface area contributed by atoms with E-state index in [0.717, 1.165) is 11.1 Å². The SMILES string of the molecule is CC1=C(C=S)c2ccccc2C1COC=O. The zero-order valence-corrected chi connectivity index (χ0v) is 9.79. The predicted octanol–water partition coefficient (Wildman–Crippen LogP) is 2.73. The van der Waals surface area contributed by atoms with E-state index in [-0.39, 0.29) is 5.92 Å². The van der Waals surface area contributed by atoms with E-state index in [0.29, 0.717) is 13.1 Å². The van der Waals surface area contributed by atoms with E-state index in [1.165, 1.54) is 11.1 Å². The van der Waals surface area contributed by atoms with Gasteiger partial charge in [0.05, 0.1) is 0 Å². The summed E-state index contributed by atoms with van der Waals surface area (Å²) in [7, 11) is 0. The number of carbonyl (C=O) groups is 1. The average Bonchev–Trinajstić information content (AvgIpc) is 2.58. The first kappa shape index (κ1) is 11.0. The summed E-state index contributed by atoms with van der Waals surface area (Å²) in [6.45, 7) is 2.92. The van der Waals surface area contributed by atoms with E-state index in [2.05, 4.69) is 12.1 Å². The zero-order chi connectivity index (χ0) is 11.5. The van der Waals surface area contributed by atoms with Crippen LogP contribution in [-0.2, 0) is 9.53 Å². The Labute approximate surface area is 99.9 Å². The van der Waals surface area contributed by atoms with E-state index in [1.54, 1.807) is 5.37 Å². The van der Waals surface area contributed by atoms with E-state index in [1.807, 2.05) is 19.1 Å². The van der Waals surface area contributed by atoms with Crippen molar-refractivity contribution in [3.8, 4) is 0 Å². The van der Waals surface area contributed by atoms with E-state index < -0.39 is 0 Å². The van der Waals surface area contributed by atoms with Crippen molar-refractivity contribution in [2.24, 2.45) is 0 Å². The molecule has 2 nitrogen and oxygen atoms in total. The first-order valence-electron chi connectivity index (χ1n) is 5.10. The van der Waals surface area contributed by atoms with Crippen LogP contribution < -0.4 is 0 Å². The van der Waals surface area contributed by atoms with Crippen molar-refractivity contribution in [2.45, 2.75) is 12.8 Å². The van der Waals surface area contributed by atoms with Crippen molar-refractivity contribution in [3.63, 3.8) is 0 Å². The quantitative estimate of drug-likeness (QED) is 0.590. The lowest BCUT2D eigenvalue weighted by Gasteiger charge is -2.12. The molecule has 0 spiro atoms. The Morgan fingerprint density at radius 2 is 2.19 bits per heavy atom. The lowest BCUT2D eigenvalue weighted by atomic mass is 9.98. The lowest BCUT2D eigenvalue weighted by molar-refractivity contribution is -0.128. The highest BCUT2D eigenvalue weighted by molar-refractivity contribution is 7.79. The van der Waals surface area contributed by atoms with Gasteiger partial charge in [0.1, 0.15) is 6.61 Å². The molecule has 1 unspecified atom stereocenters. The summed E-state index contributed by atoms with van der Waals surface area (Å²) in [5.41, 5.74) is 4.62. The summed E-state index contributed by atoms with van der Waals surface area (Å²) >= 11 is 5.04. The van der Waals surface area contributed by atoms with Crippen molar-refractivity contribution in [3.05, 3.63) is 41.0 Å². The van der Waals surface area contributed by atoms with E-state index in [4.69, 9.17) is 17.0 Å². The number of hydrogen-bond donors (Lipinski definition) is 0. The maximum atomic E-state index is 10.3. The Balaban J connectivity index is 2.43. The molecule has 1 aromatic rings. The van der Waals surface area contributed by atoms with Gasteiger partial charge in [-0.15, -0.1) is 0 Å². The molecule has 0 amide bonds. The molecule has 1 aliphatic carbocycles. The van der Waals surface area contributed by atoms with Crippen molar-refractivity contribution in [1.29, 1.82) is 0 Å². The van der Waals surface area contributed by atoms with Crippen LogP contribution in [0.4, 0.5) is 0 Å². The second-order valence-corrected chi connectivity index (χ2v) is 4.02. The van der Waals surface area contributed by atoms with Gasteiger partial charge in [-0.05, 0) is 23.6 Å². The van der Waals surface area contributed by atoms with Crippen LogP contribution in [0.1, 0.15) is 24.0 Å². The normalized spacial score (nSPS) is 18.2. The fourth-order valence-electron chi connectivity index (χ4n) is 2.19. The fourth-order valence-corrected chi connectivity index (χ4v) is 2.50. The number of allylic oxidation sites excluding steroid dienone is 1. The van der Waals surface area contributed by atoms with Crippen molar-refractivity contribution < 1.29 is 9.53 Å². The largest absolute Gasteiger partial charge is 0.467 e. The molecular weight excluding hydrogens is 220 g/mol. The minimum Gasteiger partial charge on any atom is -0.467 e. The van der Waals surface area contributed by atoms with Gasteiger partial charge in [0.15, 0.2) is 0 Å². The highest BCUT2D eigenvalue weighted by Gasteiger charge is 2.27. The van der Waals surface area contributed by atoms with Crippen LogP contribution in [0.3, 0.4) is 0 Å². The van der Waals surface area contributed by atoms with Crippen LogP contribution in [-0.4, -0.2) is 18.4 Å². The van der Waals surface area contributed by atoms with Gasteiger partial charge < -0.3 is 4.74 Å². The van der Waals surface area contributed by atoms with Gasteiger partial charge in [0.2, 0.25) is 0 Å². The molecule has 3 heteroatoms. The molecule has 0 N–H and O–H groups in total. The number of ether oxygens (including phenoxy) is 1. The van der Waals surface area contributed by atoms with Crippen LogP contribution in [0.15, 0.2) is 29.8 Å². The molecule has 0 heterocycles. The van der Waals surface area contributed by atoms with Crippen LogP contribution in [0, 0.1) is 0 Å². The molecule has 1 atom stereocenters. The monoisotopic (exact) mass is 232 g/mol. The highest BCUT2D eigenvalue weighted by Crippen LogP contribution is 2.40. The summed E-state index contributed by atoms with van der Waals surface area (Å²) < 4.78 is 4.87. The third kappa shape index (κ3) is 1.67. The molecule has 1 aromatic carbocycles. The number of hydrogen-bond acceptors (Lipinski definition) is 3. The Hall–Kier alpha value is -1.48. The molecule has 82 valence electrons. The highest BCUT2D eigenvalue weighted by atomic mass is 32.1. The molecule has 2 rings (SSSR count). The molecule has 0 fully saturated rings. The number of fused-ring (bicyclic) bond motifs is 1. The van der Waals surface area contributed by atoms with Gasteiger partial charge in [-0.3, -0.25) is 4.79 Å². The van der Waals surface area contributed by atoms with Gasteiger partial charge in [0.25, 0.3) is 6.47 Å². The molecule has 0 aromatic heterocycles. The summed E-state index contributed by atoms with van der Waals surface area (Å²) in [5.74, 6) is 0.149. The first-order chi connectivity index (χ1) is 7.79. The van der Waals surface area contributed by atoms with Crippen molar-refractivity contribution >= 4 is 29.6 Å². The van der Waals surface area contributed by atoms with E-state index >= 15 is 0 Å². The van der Waals surface area contributed by atoms with Crippen LogP contribution >= 0.6 is 12.2 Å². The molecule has 0 saturated heterocycles. The summed E-state index contributed by atoms with van der Waals surface area (Å²) in [5, 5.41) is 1.70. The maximum Gasteiger partial charge on any atom is 0.293 e. The van der Waals surface area contributed by atoms with Crippen molar-refractivity contribution in [2.75, 3.05) is 6.61 Å². The first-order valence-corrected chi connectivity index (χ1v) is 5.57. The molecule has 0 bridgehead atoms. The lowest BCUT2D eigenvalue weighted by Crippen LogP contribution is -2.06. The Morgan fingerprint density at radius 1 is 1.44 bits per heavy atom. The number of thiocarbonyl (C=S) groups is 1. The Morgan fingerprint density at radius 3 is 2.88 bits per heavy atom. The standard InChI is InChI=1S/C13H12O2S/c1-9-12(6-15-8-14)10-4-2-3-5-11(10)13(9)7-16/h2-5,7-8,12H,6H2,1H3. The topological polar surface area (TPSA) is 26.3 Å². The minimum atomic E-state index is 0.149.